The Morgan fingerprint density at radius 3 is 0.318 bits per heavy atom. The minimum atomic E-state index is 0. The number of aliphatic hydroxyl groups is 4. The van der Waals surface area contributed by atoms with Gasteiger partial charge >= 0.3 is 50.5 Å². The first-order valence-corrected chi connectivity index (χ1v) is 30.3. The average Bonchev–Trinajstić information content (AvgIpc) is 3.02. The first-order chi connectivity index (χ1) is 18.1. The Morgan fingerprint density at radius 1 is 0.318 bits per heavy atom. The van der Waals surface area contributed by atoms with Gasteiger partial charge in [-0.05, 0) is 0 Å². The summed E-state index contributed by atoms with van der Waals surface area (Å²) in [7, 11) is 17.0. The number of aliphatic hydroxyl groups excluding tert-OH is 4. The number of methoxy groups -OCH3 is 4. The van der Waals surface area contributed by atoms with Crippen LogP contribution >= 0.6 is 98.4 Å². The fraction of sp³-hybridized carbons (Fsp3) is 1.00. The van der Waals surface area contributed by atoms with Gasteiger partial charge in [0.05, 0.1) is 0 Å². The van der Waals surface area contributed by atoms with Crippen molar-refractivity contribution in [1.82, 2.24) is 0 Å². The van der Waals surface area contributed by atoms with E-state index >= 15 is 0 Å². The molecule has 44 heavy (non-hydrogen) atoms. The van der Waals surface area contributed by atoms with E-state index in [0.717, 1.165) is 28.4 Å². The van der Waals surface area contributed by atoms with Crippen LogP contribution in [0.1, 0.15) is 83.1 Å². The second-order valence-electron chi connectivity index (χ2n) is 1.69. The number of hydrogen-bond acceptors (Lipinski definition) is 8. The zero-order valence-electron chi connectivity index (χ0n) is 31.8. The quantitative estimate of drug-likeness (QED) is 0.196. The zero-order valence-corrected chi connectivity index (χ0v) is 49.2. The van der Waals surface area contributed by atoms with Crippen LogP contribution in [0.15, 0.2) is 0 Å². The van der Waals surface area contributed by atoms with Crippen LogP contribution in [0.25, 0.3) is 0 Å². The van der Waals surface area contributed by atoms with Gasteiger partial charge in [-0.25, -0.2) is 0 Å². The Balaban J connectivity index is -0.00000000506. The number of rotatable bonds is 0. The van der Waals surface area contributed by atoms with E-state index < -0.39 is 0 Å². The van der Waals surface area contributed by atoms with Gasteiger partial charge in [-0.3, -0.25) is 0 Å². The van der Waals surface area contributed by atoms with Crippen LogP contribution in [-0.2, 0) is 18.9 Å². The molecule has 312 valence electrons. The standard InChI is InChI=1S/4C2H6O.6C2H6.4CH4O.6Ar.I3.I2.HI/c4*1-3-2;10*1-2;;;;;;;1-3-2;1-2;/h4*1-2H3;6*1-2H3;4*2H,1H3;;;;;;;;;1H/q;;;;;;;;;;;;;;;;;;;;-1;;. The van der Waals surface area contributed by atoms with Gasteiger partial charge in [0, 0.05) is 349 Å². The van der Waals surface area contributed by atoms with E-state index in [1.165, 1.54) is 0 Å². The Hall–Kier alpha value is 11.6. The number of hydrogen-bond donors (Lipinski definition) is 4. The Morgan fingerprint density at radius 2 is 0.318 bits per heavy atom. The molecule has 0 saturated heterocycles. The largest absolute Gasteiger partial charge is 0 e. The molecule has 0 aromatic rings. The van der Waals surface area contributed by atoms with E-state index in [1.54, 1.807) is 56.9 Å². The molecule has 0 rings (SSSR count). The van der Waals surface area contributed by atoms with Crippen LogP contribution in [0.2, 0.25) is 0 Å². The molecule has 8 nitrogen and oxygen atoms in total. The van der Waals surface area contributed by atoms with Crippen molar-refractivity contribution in [3.05, 3.63) is 0 Å². The molecule has 0 bridgehead atoms. The van der Waals surface area contributed by atoms with E-state index in [-0.39, 0.29) is 250 Å². The third-order valence-electron chi connectivity index (χ3n) is 0. The van der Waals surface area contributed by atoms with Crippen molar-refractivity contribution >= 4 is 98.4 Å². The molecule has 0 aromatic carbocycles. The zero-order chi connectivity index (χ0) is 35.5. The topological polar surface area (TPSA) is 118 Å². The molecular weight excluding hydrogens is 1420 g/mol. The monoisotopic (exact) mass is 1490 g/mol. The first-order valence-electron chi connectivity index (χ1n) is 11.5. The minimum absolute atomic E-state index is 0. The smallest absolute Gasteiger partial charge is 0 e. The molecular formula is C24H77Ar6I6O8-. The minimum Gasteiger partial charge on any atom is 0 e. The Bertz CT molecular complexity index is 86.8. The number of ether oxygens (including phenoxy) is 4. The van der Waals surface area contributed by atoms with Crippen molar-refractivity contribution in [1.29, 1.82) is 0 Å². The van der Waals surface area contributed by atoms with Crippen molar-refractivity contribution < 1.29 is 279 Å². The van der Waals surface area contributed by atoms with Crippen molar-refractivity contribution in [3.63, 3.8) is 0 Å². The van der Waals surface area contributed by atoms with Crippen molar-refractivity contribution in [2.45, 2.75) is 83.1 Å². The summed E-state index contributed by atoms with van der Waals surface area (Å²) in [6.45, 7) is 24.0. The summed E-state index contributed by atoms with van der Waals surface area (Å²) in [6, 6.07) is 0. The van der Waals surface area contributed by atoms with Crippen LogP contribution in [0, 0.1) is 226 Å². The summed E-state index contributed by atoms with van der Waals surface area (Å²) in [4.78, 5) is 0. The second kappa shape index (κ2) is 569. The molecule has 0 aliphatic heterocycles. The summed E-state index contributed by atoms with van der Waals surface area (Å²) in [5.41, 5.74) is 0. The molecule has 0 atom stereocenters. The summed E-state index contributed by atoms with van der Waals surface area (Å²) in [6.07, 6.45) is 0. The van der Waals surface area contributed by atoms with Crippen LogP contribution in [0.5, 0.6) is 0 Å². The van der Waals surface area contributed by atoms with E-state index in [2.05, 4.69) is 93.4 Å². The van der Waals surface area contributed by atoms with Crippen LogP contribution in [-0.4, -0.2) is 106 Å². The summed E-state index contributed by atoms with van der Waals surface area (Å²) in [5.74, 6) is 0. The van der Waals surface area contributed by atoms with Crippen molar-refractivity contribution in [3.8, 4) is 0 Å². The first kappa shape index (κ1) is 156. The molecule has 20 heteroatoms. The predicted octanol–water partition coefficient (Wildman–Crippen LogP) is 6.81. The molecule has 0 radical (unpaired) electrons. The second-order valence-corrected chi connectivity index (χ2v) is 17.9. The maximum atomic E-state index is 7.00. The van der Waals surface area contributed by atoms with Gasteiger partial charge in [-0.2, -0.15) is 0 Å². The van der Waals surface area contributed by atoms with Gasteiger partial charge in [0.1, 0.15) is 0 Å². The average molecular weight is 1490 g/mol. The van der Waals surface area contributed by atoms with E-state index in [0.29, 0.717) is 13.3 Å². The predicted molar refractivity (Wildman–Crippen MR) is 224 cm³/mol. The van der Waals surface area contributed by atoms with Gasteiger partial charge in [0.2, 0.25) is 0 Å². The van der Waals surface area contributed by atoms with Gasteiger partial charge < -0.3 is 39.4 Å². The molecule has 0 unspecified atom stereocenters. The molecule has 0 fully saturated rings. The third kappa shape index (κ3) is 1100. The fourth-order valence-corrected chi connectivity index (χ4v) is 0. The third-order valence-corrected chi connectivity index (χ3v) is 0. The summed E-state index contributed by atoms with van der Waals surface area (Å²) < 4.78 is 17.0. The molecule has 0 aromatic heterocycles. The van der Waals surface area contributed by atoms with Crippen molar-refractivity contribution in [2.24, 2.45) is 0 Å². The Labute approximate surface area is 531 Å². The van der Waals surface area contributed by atoms with Crippen LogP contribution < -0.4 is 13.3 Å². The molecule has 0 saturated carbocycles. The van der Waals surface area contributed by atoms with Crippen LogP contribution in [0.4, 0.5) is 0 Å². The molecule has 0 aliphatic carbocycles. The maximum absolute atomic E-state index is 7.00. The van der Waals surface area contributed by atoms with E-state index in [4.69, 9.17) is 20.4 Å². The maximum Gasteiger partial charge on any atom is 0 e. The van der Waals surface area contributed by atoms with Crippen LogP contribution in [0.3, 0.4) is 0 Å². The van der Waals surface area contributed by atoms with Gasteiger partial charge in [-0.1, -0.05) is 83.1 Å². The fourth-order valence-electron chi connectivity index (χ4n) is 0. The molecule has 0 heterocycles. The summed E-state index contributed by atoms with van der Waals surface area (Å²) >= 11 is 9.54. The molecule has 0 amide bonds. The van der Waals surface area contributed by atoms with Gasteiger partial charge in [-0.15, -0.1) is 24.0 Å². The van der Waals surface area contributed by atoms with Gasteiger partial charge in [0.25, 0.3) is 0 Å². The SMILES string of the molecule is CC.CC.CC.CC.CC.CC.CO.CO.CO.CO.COC.COC.COC.COC.I.II.I[I-]I.[Ar].[Ar].[Ar].[Ar].[Ar].[Ar]. The molecule has 0 spiro atoms. The molecule has 4 N–H and O–H groups in total. The molecule has 0 aliphatic rings. The van der Waals surface area contributed by atoms with E-state index in [1.807, 2.05) is 83.1 Å². The number of halogens is 6. The van der Waals surface area contributed by atoms with Crippen molar-refractivity contribution in [2.75, 3.05) is 85.3 Å². The van der Waals surface area contributed by atoms with Gasteiger partial charge in [0.15, 0.2) is 0 Å². The van der Waals surface area contributed by atoms with E-state index in [9.17, 15) is 0 Å². The summed E-state index contributed by atoms with van der Waals surface area (Å²) in [5, 5.41) is 28.0. The Kier molecular flexibility index (Phi) is 2020. The normalized spacial score (nSPS) is 3.64.